The van der Waals surface area contributed by atoms with E-state index in [2.05, 4.69) is 55.6 Å². The number of esters is 1. The van der Waals surface area contributed by atoms with Crippen molar-refractivity contribution in [1.29, 1.82) is 0 Å². The lowest BCUT2D eigenvalue weighted by atomic mass is 10.0. The fourth-order valence-electron chi connectivity index (χ4n) is 9.31. The molecule has 0 saturated carbocycles. The molecule has 410 valence electrons. The molecule has 0 fully saturated rings. The molecule has 3 N–H and O–H groups in total. The van der Waals surface area contributed by atoms with Gasteiger partial charge in [-0.05, 0) is 89.9 Å². The number of unbranched alkanes of at least 4 members (excludes halogenated alkanes) is 40. The molecule has 0 aromatic heterocycles. The van der Waals surface area contributed by atoms with Gasteiger partial charge in [-0.3, -0.25) is 9.59 Å². The number of allylic oxidation sites excluding steroid dienone is 7. The second-order valence-electron chi connectivity index (χ2n) is 21.0. The third-order valence-electron chi connectivity index (χ3n) is 14.1. The molecular formula is C64H119NO5. The van der Waals surface area contributed by atoms with Crippen LogP contribution in [0, 0.1) is 0 Å². The van der Waals surface area contributed by atoms with Crippen LogP contribution in [-0.2, 0) is 14.3 Å². The summed E-state index contributed by atoms with van der Waals surface area (Å²) in [6.45, 7) is 4.88. The molecule has 0 rings (SSSR count). The van der Waals surface area contributed by atoms with Crippen LogP contribution in [0.15, 0.2) is 48.6 Å². The van der Waals surface area contributed by atoms with Gasteiger partial charge in [0.15, 0.2) is 0 Å². The number of aliphatic hydroxyl groups is 2. The van der Waals surface area contributed by atoms with E-state index in [9.17, 15) is 19.8 Å². The second-order valence-corrected chi connectivity index (χ2v) is 21.0. The van der Waals surface area contributed by atoms with E-state index in [1.165, 1.54) is 244 Å². The van der Waals surface area contributed by atoms with Crippen LogP contribution in [0.25, 0.3) is 0 Å². The average Bonchev–Trinajstić information content (AvgIpc) is 3.36. The van der Waals surface area contributed by atoms with Crippen molar-refractivity contribution in [3.8, 4) is 0 Å². The van der Waals surface area contributed by atoms with Crippen LogP contribution < -0.4 is 5.32 Å². The SMILES string of the molecule is CCCCC/C=C\CCCCCCCC(=O)OCCCCCCCCCCC/C=C\C/C=C\CCCCCCCCCCCCCC(=O)NC(CO)C(O)/C=C/CCCCCCCCCCCCCC. The van der Waals surface area contributed by atoms with E-state index < -0.39 is 12.1 Å². The Hall–Kier alpha value is -2.18. The molecule has 6 heteroatoms. The molecule has 0 spiro atoms. The molecule has 2 atom stereocenters. The molecule has 0 aliphatic heterocycles. The van der Waals surface area contributed by atoms with E-state index in [-0.39, 0.29) is 18.5 Å². The number of aliphatic hydroxyl groups excluding tert-OH is 2. The average molecular weight is 983 g/mol. The first-order chi connectivity index (χ1) is 34.5. The number of hydrogen-bond donors (Lipinski definition) is 3. The van der Waals surface area contributed by atoms with Crippen LogP contribution in [-0.4, -0.2) is 47.4 Å². The third kappa shape index (κ3) is 55.1. The number of hydrogen-bond acceptors (Lipinski definition) is 5. The van der Waals surface area contributed by atoms with E-state index in [0.29, 0.717) is 19.4 Å². The molecule has 0 radical (unpaired) electrons. The van der Waals surface area contributed by atoms with Crippen molar-refractivity contribution >= 4 is 11.9 Å². The van der Waals surface area contributed by atoms with Crippen molar-refractivity contribution in [3.63, 3.8) is 0 Å². The van der Waals surface area contributed by atoms with Crippen molar-refractivity contribution in [2.75, 3.05) is 13.2 Å². The van der Waals surface area contributed by atoms with E-state index in [1.807, 2.05) is 6.08 Å². The maximum atomic E-state index is 12.5. The summed E-state index contributed by atoms with van der Waals surface area (Å²) in [5.41, 5.74) is 0. The summed E-state index contributed by atoms with van der Waals surface area (Å²) in [5, 5.41) is 23.1. The summed E-state index contributed by atoms with van der Waals surface area (Å²) >= 11 is 0. The van der Waals surface area contributed by atoms with Gasteiger partial charge in [0, 0.05) is 12.8 Å². The number of rotatable bonds is 57. The monoisotopic (exact) mass is 982 g/mol. The first-order valence-electron chi connectivity index (χ1n) is 30.9. The topological polar surface area (TPSA) is 95.9 Å². The van der Waals surface area contributed by atoms with Gasteiger partial charge < -0.3 is 20.3 Å². The normalized spacial score (nSPS) is 12.9. The standard InChI is InChI=1S/C64H119NO5/c1-3-5-7-9-11-13-15-17-33-36-40-44-48-52-56-62(67)61(60-66)65-63(68)57-53-49-45-41-37-34-31-29-27-25-23-21-19-18-20-22-24-26-28-30-32-35-39-43-47-51-55-59-70-64(69)58-54-50-46-42-38-16-14-12-10-8-6-4-2/h12,14,18-19,22,24,52,56,61-62,66-67H,3-11,13,15-17,20-21,23,25-51,53-55,57-60H2,1-2H3,(H,65,68)/b14-12-,19-18-,24-22-,56-52+. The maximum Gasteiger partial charge on any atom is 0.305 e. The van der Waals surface area contributed by atoms with Gasteiger partial charge in [-0.2, -0.15) is 0 Å². The Kier molecular flexibility index (Phi) is 57.5. The van der Waals surface area contributed by atoms with Crippen LogP contribution >= 0.6 is 0 Å². The number of carbonyl (C=O) groups is 2. The number of nitrogens with one attached hydrogen (secondary N) is 1. The predicted octanol–water partition coefficient (Wildman–Crippen LogP) is 19.4. The van der Waals surface area contributed by atoms with Crippen molar-refractivity contribution in [1.82, 2.24) is 5.32 Å². The molecule has 0 aliphatic rings. The van der Waals surface area contributed by atoms with Crippen LogP contribution in [0.3, 0.4) is 0 Å². The first-order valence-corrected chi connectivity index (χ1v) is 30.9. The van der Waals surface area contributed by atoms with Gasteiger partial charge >= 0.3 is 5.97 Å². The molecule has 1 amide bonds. The lowest BCUT2D eigenvalue weighted by Gasteiger charge is -2.20. The zero-order chi connectivity index (χ0) is 50.7. The van der Waals surface area contributed by atoms with Crippen molar-refractivity contribution in [3.05, 3.63) is 48.6 Å². The Balaban J connectivity index is 3.45. The van der Waals surface area contributed by atoms with Crippen LogP contribution in [0.5, 0.6) is 0 Å². The van der Waals surface area contributed by atoms with Crippen LogP contribution in [0.1, 0.15) is 322 Å². The lowest BCUT2D eigenvalue weighted by molar-refractivity contribution is -0.143. The van der Waals surface area contributed by atoms with Gasteiger partial charge in [-0.1, -0.05) is 268 Å². The smallest absolute Gasteiger partial charge is 0.305 e. The molecule has 0 aromatic rings. The van der Waals surface area contributed by atoms with Gasteiger partial charge in [-0.25, -0.2) is 0 Å². The summed E-state index contributed by atoms with van der Waals surface area (Å²) in [6.07, 6.45) is 75.8. The Morgan fingerprint density at radius 1 is 0.400 bits per heavy atom. The molecule has 0 aliphatic carbocycles. The van der Waals surface area contributed by atoms with Crippen molar-refractivity contribution in [2.24, 2.45) is 0 Å². The quantitative estimate of drug-likeness (QED) is 0.0321. The largest absolute Gasteiger partial charge is 0.466 e. The fourth-order valence-corrected chi connectivity index (χ4v) is 9.31. The maximum absolute atomic E-state index is 12.5. The number of carbonyl (C=O) groups excluding carboxylic acids is 2. The van der Waals surface area contributed by atoms with Crippen LogP contribution in [0.2, 0.25) is 0 Å². The summed E-state index contributed by atoms with van der Waals surface area (Å²) in [4.78, 5) is 24.5. The van der Waals surface area contributed by atoms with E-state index in [1.54, 1.807) is 6.08 Å². The molecule has 0 heterocycles. The molecular weight excluding hydrogens is 863 g/mol. The highest BCUT2D eigenvalue weighted by Gasteiger charge is 2.18. The summed E-state index contributed by atoms with van der Waals surface area (Å²) in [7, 11) is 0. The molecule has 0 saturated heterocycles. The predicted molar refractivity (Wildman–Crippen MR) is 306 cm³/mol. The number of amides is 1. The van der Waals surface area contributed by atoms with Crippen LogP contribution in [0.4, 0.5) is 0 Å². The lowest BCUT2D eigenvalue weighted by Crippen LogP contribution is -2.45. The van der Waals surface area contributed by atoms with Gasteiger partial charge in [0.2, 0.25) is 5.91 Å². The summed E-state index contributed by atoms with van der Waals surface area (Å²) < 4.78 is 5.46. The summed E-state index contributed by atoms with van der Waals surface area (Å²) in [6, 6.07) is -0.630. The molecule has 70 heavy (non-hydrogen) atoms. The van der Waals surface area contributed by atoms with Crippen molar-refractivity contribution < 1.29 is 24.5 Å². The highest BCUT2D eigenvalue weighted by molar-refractivity contribution is 5.76. The molecule has 2 unspecified atom stereocenters. The zero-order valence-electron chi connectivity index (χ0n) is 46.7. The van der Waals surface area contributed by atoms with E-state index in [0.717, 1.165) is 51.4 Å². The van der Waals surface area contributed by atoms with E-state index in [4.69, 9.17) is 4.74 Å². The van der Waals surface area contributed by atoms with Gasteiger partial charge in [0.05, 0.1) is 25.4 Å². The molecule has 0 aromatic carbocycles. The minimum atomic E-state index is -0.846. The van der Waals surface area contributed by atoms with E-state index >= 15 is 0 Å². The minimum absolute atomic E-state index is 0.000308. The minimum Gasteiger partial charge on any atom is -0.466 e. The Bertz CT molecular complexity index is 1180. The Labute approximate surface area is 436 Å². The molecule has 6 nitrogen and oxygen atoms in total. The Morgan fingerprint density at radius 3 is 1.13 bits per heavy atom. The second kappa shape index (κ2) is 59.4. The van der Waals surface area contributed by atoms with Gasteiger partial charge in [0.1, 0.15) is 0 Å². The fraction of sp³-hybridized carbons (Fsp3) is 0.844. The van der Waals surface area contributed by atoms with Gasteiger partial charge in [-0.15, -0.1) is 0 Å². The molecule has 0 bridgehead atoms. The highest BCUT2D eigenvalue weighted by Crippen LogP contribution is 2.16. The van der Waals surface area contributed by atoms with Crippen molar-refractivity contribution in [2.45, 2.75) is 334 Å². The Morgan fingerprint density at radius 2 is 0.714 bits per heavy atom. The summed E-state index contributed by atoms with van der Waals surface area (Å²) in [5.74, 6) is -0.0713. The zero-order valence-corrected chi connectivity index (χ0v) is 46.7. The van der Waals surface area contributed by atoms with Gasteiger partial charge in [0.25, 0.3) is 0 Å². The number of ether oxygens (including phenoxy) is 1. The third-order valence-corrected chi connectivity index (χ3v) is 14.1. The highest BCUT2D eigenvalue weighted by atomic mass is 16.5. The first kappa shape index (κ1) is 67.8.